The van der Waals surface area contributed by atoms with Crippen molar-refractivity contribution in [3.63, 3.8) is 0 Å². The van der Waals surface area contributed by atoms with E-state index in [1.165, 1.54) is 0 Å². The highest BCUT2D eigenvalue weighted by molar-refractivity contribution is 5.89. The number of carbonyl (C=O) groups is 2. The predicted molar refractivity (Wildman–Crippen MR) is 87.2 cm³/mol. The highest BCUT2D eigenvalue weighted by Crippen LogP contribution is 2.21. The summed E-state index contributed by atoms with van der Waals surface area (Å²) in [6, 6.07) is 18.6. The molecule has 1 aliphatic heterocycles. The zero-order valence-corrected chi connectivity index (χ0v) is 12.8. The van der Waals surface area contributed by atoms with Crippen LogP contribution in [0.25, 0.3) is 0 Å². The zero-order valence-electron chi connectivity index (χ0n) is 12.8. The minimum Gasteiger partial charge on any atom is -0.368 e. The van der Waals surface area contributed by atoms with Gasteiger partial charge in [0.15, 0.2) is 0 Å². The van der Waals surface area contributed by atoms with E-state index in [9.17, 15) is 9.59 Å². The Balaban J connectivity index is 1.78. The van der Waals surface area contributed by atoms with E-state index in [0.717, 1.165) is 11.1 Å². The second-order valence-electron chi connectivity index (χ2n) is 5.68. The Kier molecular flexibility index (Phi) is 4.28. The first-order chi connectivity index (χ1) is 11.1. The Morgan fingerprint density at radius 1 is 0.957 bits per heavy atom. The third-order valence-electron chi connectivity index (χ3n) is 4.03. The molecule has 0 aromatic heterocycles. The van der Waals surface area contributed by atoms with Gasteiger partial charge < -0.3 is 15.5 Å². The number of nitrogens with zero attached hydrogens (tertiary/aromatic N) is 2. The van der Waals surface area contributed by atoms with Crippen LogP contribution in [0.1, 0.15) is 11.1 Å². The number of rotatable bonds is 5. The molecule has 5 heteroatoms. The van der Waals surface area contributed by atoms with E-state index in [1.54, 1.807) is 9.80 Å². The first-order valence-electron chi connectivity index (χ1n) is 7.58. The first kappa shape index (κ1) is 15.1. The Morgan fingerprint density at radius 3 is 2.00 bits per heavy atom. The van der Waals surface area contributed by atoms with Gasteiger partial charge >= 0.3 is 6.03 Å². The normalized spacial score (nSPS) is 17.6. The molecule has 2 aromatic rings. The lowest BCUT2D eigenvalue weighted by molar-refractivity contribution is -0.121. The van der Waals surface area contributed by atoms with Crippen LogP contribution in [0.2, 0.25) is 0 Å². The van der Waals surface area contributed by atoms with E-state index in [4.69, 9.17) is 5.73 Å². The molecule has 2 N–H and O–H groups in total. The molecule has 0 spiro atoms. The zero-order chi connectivity index (χ0) is 16.2. The Hall–Kier alpha value is -2.82. The van der Waals surface area contributed by atoms with E-state index in [1.807, 2.05) is 60.7 Å². The maximum absolute atomic E-state index is 12.7. The fourth-order valence-corrected chi connectivity index (χ4v) is 2.84. The van der Waals surface area contributed by atoms with Crippen molar-refractivity contribution in [3.8, 4) is 0 Å². The monoisotopic (exact) mass is 309 g/mol. The van der Waals surface area contributed by atoms with Gasteiger partial charge in [0, 0.05) is 13.1 Å². The van der Waals surface area contributed by atoms with E-state index >= 15 is 0 Å². The molecular formula is C18H19N3O2. The molecule has 1 unspecified atom stereocenters. The third-order valence-corrected chi connectivity index (χ3v) is 4.03. The van der Waals surface area contributed by atoms with Gasteiger partial charge in [-0.05, 0) is 11.1 Å². The van der Waals surface area contributed by atoms with Crippen LogP contribution < -0.4 is 5.73 Å². The largest absolute Gasteiger partial charge is 0.368 e. The molecule has 1 saturated heterocycles. The van der Waals surface area contributed by atoms with Crippen molar-refractivity contribution in [3.05, 3.63) is 71.8 Å². The summed E-state index contributed by atoms with van der Waals surface area (Å²) in [6.07, 6.45) is 0. The van der Waals surface area contributed by atoms with E-state index in [2.05, 4.69) is 0 Å². The fourth-order valence-electron chi connectivity index (χ4n) is 2.84. The molecule has 1 atom stereocenters. The van der Waals surface area contributed by atoms with Crippen molar-refractivity contribution in [1.82, 2.24) is 9.80 Å². The molecule has 3 rings (SSSR count). The standard InChI is InChI=1S/C18H19N3O2/c19-17(22)16-13-20(11-14-7-3-1-4-8-14)18(23)21(16)12-15-9-5-2-6-10-15/h1-10,16H,11-13H2,(H2,19,22). The molecule has 5 nitrogen and oxygen atoms in total. The number of nitrogens with two attached hydrogens (primary N) is 1. The van der Waals surface area contributed by atoms with Crippen LogP contribution in [0, 0.1) is 0 Å². The van der Waals surface area contributed by atoms with Crippen LogP contribution in [-0.2, 0) is 17.9 Å². The molecule has 1 fully saturated rings. The van der Waals surface area contributed by atoms with Crippen molar-refractivity contribution in [2.45, 2.75) is 19.1 Å². The first-order valence-corrected chi connectivity index (χ1v) is 7.58. The second kappa shape index (κ2) is 6.52. The number of hydrogen-bond donors (Lipinski definition) is 1. The number of urea groups is 1. The number of hydrogen-bond acceptors (Lipinski definition) is 2. The lowest BCUT2D eigenvalue weighted by atomic mass is 10.2. The quantitative estimate of drug-likeness (QED) is 0.917. The number of amides is 3. The van der Waals surface area contributed by atoms with Gasteiger partial charge in [0.1, 0.15) is 6.04 Å². The van der Waals surface area contributed by atoms with Gasteiger partial charge in [0.2, 0.25) is 5.91 Å². The van der Waals surface area contributed by atoms with Gasteiger partial charge in [-0.3, -0.25) is 4.79 Å². The second-order valence-corrected chi connectivity index (χ2v) is 5.68. The third kappa shape index (κ3) is 3.34. The summed E-state index contributed by atoms with van der Waals surface area (Å²) in [5, 5.41) is 0. The summed E-state index contributed by atoms with van der Waals surface area (Å²) in [6.45, 7) is 1.20. The Morgan fingerprint density at radius 2 is 1.48 bits per heavy atom. The van der Waals surface area contributed by atoms with Crippen molar-refractivity contribution in [2.75, 3.05) is 6.54 Å². The van der Waals surface area contributed by atoms with Crippen LogP contribution in [0.4, 0.5) is 4.79 Å². The minimum atomic E-state index is -0.591. The number of primary amides is 1. The predicted octanol–water partition coefficient (Wildman–Crippen LogP) is 1.98. The maximum atomic E-state index is 12.7. The molecule has 23 heavy (non-hydrogen) atoms. The smallest absolute Gasteiger partial charge is 0.321 e. The maximum Gasteiger partial charge on any atom is 0.321 e. The van der Waals surface area contributed by atoms with E-state index in [-0.39, 0.29) is 6.03 Å². The lowest BCUT2D eigenvalue weighted by Gasteiger charge is -2.21. The van der Waals surface area contributed by atoms with Gasteiger partial charge in [0.25, 0.3) is 0 Å². The SMILES string of the molecule is NC(=O)C1CN(Cc2ccccc2)C(=O)N1Cc1ccccc1. The molecule has 118 valence electrons. The average Bonchev–Trinajstić information content (AvgIpc) is 2.86. The highest BCUT2D eigenvalue weighted by atomic mass is 16.2. The summed E-state index contributed by atoms with van der Waals surface area (Å²) in [7, 11) is 0. The molecule has 1 aliphatic rings. The van der Waals surface area contributed by atoms with E-state index in [0.29, 0.717) is 19.6 Å². The van der Waals surface area contributed by atoms with Gasteiger partial charge in [-0.25, -0.2) is 4.79 Å². The summed E-state index contributed by atoms with van der Waals surface area (Å²) >= 11 is 0. The molecule has 0 radical (unpaired) electrons. The fraction of sp³-hybridized carbons (Fsp3) is 0.222. The minimum absolute atomic E-state index is 0.151. The summed E-state index contributed by atoms with van der Waals surface area (Å²) < 4.78 is 0. The molecule has 1 heterocycles. The number of benzene rings is 2. The van der Waals surface area contributed by atoms with E-state index < -0.39 is 11.9 Å². The summed E-state index contributed by atoms with van der Waals surface area (Å²) in [5.41, 5.74) is 7.51. The highest BCUT2D eigenvalue weighted by Gasteiger charge is 2.40. The molecular weight excluding hydrogens is 290 g/mol. The Bertz CT molecular complexity index is 688. The lowest BCUT2D eigenvalue weighted by Crippen LogP contribution is -2.42. The number of carbonyl (C=O) groups excluding carboxylic acids is 2. The molecule has 2 aromatic carbocycles. The molecule has 0 aliphatic carbocycles. The van der Waals surface area contributed by atoms with Crippen molar-refractivity contribution >= 4 is 11.9 Å². The average molecular weight is 309 g/mol. The Labute approximate surface area is 135 Å². The molecule has 0 bridgehead atoms. The van der Waals surface area contributed by atoms with Crippen molar-refractivity contribution in [2.24, 2.45) is 5.73 Å². The molecule has 3 amide bonds. The van der Waals surface area contributed by atoms with Gasteiger partial charge in [-0.15, -0.1) is 0 Å². The van der Waals surface area contributed by atoms with Crippen molar-refractivity contribution < 1.29 is 9.59 Å². The summed E-state index contributed by atoms with van der Waals surface area (Å²) in [5.74, 6) is -0.468. The van der Waals surface area contributed by atoms with Crippen LogP contribution in [-0.4, -0.2) is 34.3 Å². The van der Waals surface area contributed by atoms with Crippen LogP contribution in [0.15, 0.2) is 60.7 Å². The van der Waals surface area contributed by atoms with Gasteiger partial charge in [-0.2, -0.15) is 0 Å². The van der Waals surface area contributed by atoms with Crippen LogP contribution >= 0.6 is 0 Å². The molecule has 0 saturated carbocycles. The van der Waals surface area contributed by atoms with Crippen molar-refractivity contribution in [1.29, 1.82) is 0 Å². The van der Waals surface area contributed by atoms with Crippen LogP contribution in [0.3, 0.4) is 0 Å². The topological polar surface area (TPSA) is 66.6 Å². The van der Waals surface area contributed by atoms with Crippen LogP contribution in [0.5, 0.6) is 0 Å². The summed E-state index contributed by atoms with van der Waals surface area (Å²) in [4.78, 5) is 27.7. The van der Waals surface area contributed by atoms with Gasteiger partial charge in [0.05, 0.1) is 6.54 Å². The van der Waals surface area contributed by atoms with Gasteiger partial charge in [-0.1, -0.05) is 60.7 Å².